The van der Waals surface area contributed by atoms with Crippen LogP contribution in [0.15, 0.2) is 24.3 Å². The molecule has 0 bridgehead atoms. The first-order valence-corrected chi connectivity index (χ1v) is 8.74. The van der Waals surface area contributed by atoms with Gasteiger partial charge in [-0.2, -0.15) is 0 Å². The third-order valence-corrected chi connectivity index (χ3v) is 4.51. The lowest BCUT2D eigenvalue weighted by Crippen LogP contribution is -2.40. The summed E-state index contributed by atoms with van der Waals surface area (Å²) in [6.07, 6.45) is -2.04. The average Bonchev–Trinajstić information content (AvgIpc) is 3.00. The van der Waals surface area contributed by atoms with Crippen LogP contribution in [-0.2, 0) is 14.3 Å². The normalized spacial score (nSPS) is 16.2. The highest BCUT2D eigenvalue weighted by atomic mass is 16.6. The van der Waals surface area contributed by atoms with Gasteiger partial charge in [-0.3, -0.25) is 4.79 Å². The molecule has 0 aliphatic carbocycles. The fourth-order valence-corrected chi connectivity index (χ4v) is 3.05. The van der Waals surface area contributed by atoms with Crippen LogP contribution >= 0.6 is 0 Å². The molecule has 28 heavy (non-hydrogen) atoms. The number of esters is 2. The quantitative estimate of drug-likeness (QED) is 0.620. The smallest absolute Gasteiger partial charge is 0.351 e. The molecule has 0 saturated carbocycles. The molecule has 0 fully saturated rings. The number of ketones is 1. The number of hydrogen-bond donors (Lipinski definition) is 1. The summed E-state index contributed by atoms with van der Waals surface area (Å²) >= 11 is 0. The zero-order valence-corrected chi connectivity index (χ0v) is 16.0. The molecule has 0 spiro atoms. The summed E-state index contributed by atoms with van der Waals surface area (Å²) in [5.41, 5.74) is 1.45. The number of hydrogen-bond acceptors (Lipinski definition) is 7. The molecular formula is C20H21NO7. The van der Waals surface area contributed by atoms with Gasteiger partial charge in [-0.25, -0.2) is 9.59 Å². The number of nitrogens with one attached hydrogen (secondary N) is 1. The number of aromatic amines is 1. The number of carbonyl (C=O) groups excluding carboxylic acids is 3. The van der Waals surface area contributed by atoms with Gasteiger partial charge in [-0.15, -0.1) is 0 Å². The Kier molecular flexibility index (Phi) is 5.39. The third-order valence-electron chi connectivity index (χ3n) is 4.51. The molecule has 8 nitrogen and oxygen atoms in total. The summed E-state index contributed by atoms with van der Waals surface area (Å²) in [5, 5.41) is 0. The first-order chi connectivity index (χ1) is 13.3. The lowest BCUT2D eigenvalue weighted by Gasteiger charge is -2.25. The molecule has 148 valence electrons. The van der Waals surface area contributed by atoms with Gasteiger partial charge in [-0.05, 0) is 38.5 Å². The van der Waals surface area contributed by atoms with Crippen molar-refractivity contribution in [2.45, 2.75) is 33.0 Å². The van der Waals surface area contributed by atoms with Crippen molar-refractivity contribution in [1.82, 2.24) is 4.98 Å². The Hall–Kier alpha value is -3.29. The summed E-state index contributed by atoms with van der Waals surface area (Å²) in [5.74, 6) is -0.719. The number of H-pyrrole nitrogens is 1. The SMILES string of the molecule is COC(=O)c1c(C)[nH]c(C(=O)[C@@H](C)OC(=O)[C@H]2COc3ccccc3O2)c1C. The van der Waals surface area contributed by atoms with Gasteiger partial charge < -0.3 is 23.9 Å². The van der Waals surface area contributed by atoms with Crippen LogP contribution in [0.1, 0.15) is 39.0 Å². The lowest BCUT2D eigenvalue weighted by atomic mass is 10.1. The summed E-state index contributed by atoms with van der Waals surface area (Å²) in [7, 11) is 1.27. The predicted octanol–water partition coefficient (Wildman–Crippen LogP) is 2.37. The van der Waals surface area contributed by atoms with Crippen molar-refractivity contribution in [3.05, 3.63) is 46.8 Å². The molecule has 1 aromatic heterocycles. The molecule has 1 N–H and O–H groups in total. The molecule has 8 heteroatoms. The minimum Gasteiger partial charge on any atom is -0.485 e. The molecule has 2 atom stereocenters. The maximum atomic E-state index is 12.7. The van der Waals surface area contributed by atoms with Gasteiger partial charge in [0.25, 0.3) is 0 Å². The van der Waals surface area contributed by atoms with Crippen LogP contribution in [0, 0.1) is 13.8 Å². The topological polar surface area (TPSA) is 104 Å². The summed E-state index contributed by atoms with van der Waals surface area (Å²) in [6, 6.07) is 6.98. The van der Waals surface area contributed by atoms with E-state index in [4.69, 9.17) is 18.9 Å². The molecule has 0 amide bonds. The molecule has 1 aliphatic rings. The number of rotatable bonds is 5. The van der Waals surface area contributed by atoms with Crippen LogP contribution < -0.4 is 9.47 Å². The molecule has 3 rings (SSSR count). The van der Waals surface area contributed by atoms with Crippen molar-refractivity contribution in [2.75, 3.05) is 13.7 Å². The molecule has 1 aliphatic heterocycles. The van der Waals surface area contributed by atoms with Crippen LogP contribution in [0.4, 0.5) is 0 Å². The van der Waals surface area contributed by atoms with Crippen LogP contribution in [0.2, 0.25) is 0 Å². The Balaban J connectivity index is 1.70. The maximum Gasteiger partial charge on any atom is 0.351 e. The zero-order valence-electron chi connectivity index (χ0n) is 16.0. The summed E-state index contributed by atoms with van der Waals surface area (Å²) in [4.78, 5) is 39.9. The highest BCUT2D eigenvalue weighted by molar-refractivity contribution is 6.04. The van der Waals surface area contributed by atoms with Crippen LogP contribution in [-0.4, -0.2) is 48.6 Å². The van der Waals surface area contributed by atoms with E-state index < -0.39 is 29.9 Å². The Morgan fingerprint density at radius 3 is 2.54 bits per heavy atom. The van der Waals surface area contributed by atoms with Crippen molar-refractivity contribution < 1.29 is 33.3 Å². The molecular weight excluding hydrogens is 366 g/mol. The Bertz CT molecular complexity index is 931. The molecule has 2 aromatic rings. The van der Waals surface area contributed by atoms with Crippen LogP contribution in [0.3, 0.4) is 0 Å². The van der Waals surface area contributed by atoms with Gasteiger partial charge in [-0.1, -0.05) is 12.1 Å². The van der Waals surface area contributed by atoms with Crippen molar-refractivity contribution in [3.63, 3.8) is 0 Å². The number of para-hydroxylation sites is 2. The van der Waals surface area contributed by atoms with Crippen molar-refractivity contribution in [2.24, 2.45) is 0 Å². The number of ether oxygens (including phenoxy) is 4. The van der Waals surface area contributed by atoms with Gasteiger partial charge in [0, 0.05) is 5.69 Å². The van der Waals surface area contributed by atoms with Crippen LogP contribution in [0.5, 0.6) is 11.5 Å². The highest BCUT2D eigenvalue weighted by Gasteiger charge is 2.33. The monoisotopic (exact) mass is 387 g/mol. The fourth-order valence-electron chi connectivity index (χ4n) is 3.05. The number of fused-ring (bicyclic) bond motifs is 1. The van der Waals surface area contributed by atoms with E-state index in [2.05, 4.69) is 4.98 Å². The van der Waals surface area contributed by atoms with E-state index in [0.717, 1.165) is 0 Å². The minimum atomic E-state index is -1.07. The van der Waals surface area contributed by atoms with Crippen molar-refractivity contribution >= 4 is 17.7 Å². The van der Waals surface area contributed by atoms with E-state index in [-0.39, 0.29) is 12.3 Å². The number of aromatic nitrogens is 1. The Labute approximate surface area is 161 Å². The molecule has 2 heterocycles. The first kappa shape index (κ1) is 19.5. The van der Waals surface area contributed by atoms with E-state index in [0.29, 0.717) is 28.3 Å². The fraction of sp³-hybridized carbons (Fsp3) is 0.350. The highest BCUT2D eigenvalue weighted by Crippen LogP contribution is 2.31. The number of benzene rings is 1. The van der Waals surface area contributed by atoms with E-state index >= 15 is 0 Å². The third kappa shape index (κ3) is 3.58. The van der Waals surface area contributed by atoms with E-state index in [9.17, 15) is 14.4 Å². The van der Waals surface area contributed by atoms with Gasteiger partial charge in [0.2, 0.25) is 11.9 Å². The lowest BCUT2D eigenvalue weighted by molar-refractivity contribution is -0.157. The maximum absolute atomic E-state index is 12.7. The number of carbonyl (C=O) groups is 3. The van der Waals surface area contributed by atoms with E-state index in [1.807, 2.05) is 0 Å². The Morgan fingerprint density at radius 2 is 1.86 bits per heavy atom. The number of Topliss-reactive ketones (excluding diaryl/α,β-unsaturated/α-hetero) is 1. The zero-order chi connectivity index (χ0) is 20.4. The van der Waals surface area contributed by atoms with Gasteiger partial charge in [0.15, 0.2) is 17.6 Å². The standard InChI is InChI=1S/C20H21NO7/c1-10-16(20(24)25-4)11(2)21-17(10)18(22)12(3)27-19(23)15-9-26-13-7-5-6-8-14(13)28-15/h5-8,12,15,21H,9H2,1-4H3/t12-,15-/m1/s1. The number of aryl methyl sites for hydroxylation is 1. The molecule has 0 unspecified atom stereocenters. The average molecular weight is 387 g/mol. The summed E-state index contributed by atoms with van der Waals surface area (Å²) in [6.45, 7) is 4.75. The Morgan fingerprint density at radius 1 is 1.18 bits per heavy atom. The van der Waals surface area contributed by atoms with E-state index in [1.54, 1.807) is 38.1 Å². The second kappa shape index (κ2) is 7.75. The molecule has 0 radical (unpaired) electrons. The van der Waals surface area contributed by atoms with Crippen molar-refractivity contribution in [3.8, 4) is 11.5 Å². The minimum absolute atomic E-state index is 0.0100. The van der Waals surface area contributed by atoms with Crippen molar-refractivity contribution in [1.29, 1.82) is 0 Å². The van der Waals surface area contributed by atoms with Gasteiger partial charge in [0.1, 0.15) is 6.61 Å². The second-order valence-electron chi connectivity index (χ2n) is 6.42. The van der Waals surface area contributed by atoms with Gasteiger partial charge in [0.05, 0.1) is 18.4 Å². The second-order valence-corrected chi connectivity index (χ2v) is 6.42. The molecule has 1 aromatic carbocycles. The predicted molar refractivity (Wildman–Crippen MR) is 97.8 cm³/mol. The van der Waals surface area contributed by atoms with Crippen LogP contribution in [0.25, 0.3) is 0 Å². The molecule has 0 saturated heterocycles. The van der Waals surface area contributed by atoms with Gasteiger partial charge >= 0.3 is 11.9 Å². The first-order valence-electron chi connectivity index (χ1n) is 8.74. The largest absolute Gasteiger partial charge is 0.485 e. The number of methoxy groups -OCH3 is 1. The van der Waals surface area contributed by atoms with E-state index in [1.165, 1.54) is 14.0 Å². The summed E-state index contributed by atoms with van der Waals surface area (Å²) < 4.78 is 21.1.